The van der Waals surface area contributed by atoms with Gasteiger partial charge in [-0.25, -0.2) is 8.78 Å². The van der Waals surface area contributed by atoms with Gasteiger partial charge in [-0.2, -0.15) is 0 Å². The number of aliphatic hydroxyl groups is 2. The summed E-state index contributed by atoms with van der Waals surface area (Å²) in [7, 11) is 3.76. The lowest BCUT2D eigenvalue weighted by Gasteiger charge is -2.15. The maximum Gasteiger partial charge on any atom is 0.123 e. The Labute approximate surface area is 141 Å². The van der Waals surface area contributed by atoms with Gasteiger partial charge in [0.15, 0.2) is 0 Å². The second-order valence-corrected chi connectivity index (χ2v) is 5.63. The average Bonchev–Trinajstić information content (AvgIpc) is 2.55. The quantitative estimate of drug-likeness (QED) is 0.782. The minimum Gasteiger partial charge on any atom is -0.387 e. The number of nitrogens with two attached hydrogens (primary N) is 1. The van der Waals surface area contributed by atoms with Gasteiger partial charge in [0.05, 0.1) is 12.2 Å². The zero-order valence-corrected chi connectivity index (χ0v) is 13.9. The molecule has 0 amide bonds. The van der Waals surface area contributed by atoms with Crippen LogP contribution in [0.25, 0.3) is 0 Å². The molecule has 24 heavy (non-hydrogen) atoms. The summed E-state index contributed by atoms with van der Waals surface area (Å²) < 4.78 is 24.9. The third-order valence-electron chi connectivity index (χ3n) is 3.27. The summed E-state index contributed by atoms with van der Waals surface area (Å²) in [5.74, 6) is -0.584. The molecule has 2 aromatic carbocycles. The van der Waals surface area contributed by atoms with E-state index >= 15 is 0 Å². The van der Waals surface area contributed by atoms with Crippen LogP contribution in [0.4, 0.5) is 8.78 Å². The van der Waals surface area contributed by atoms with Crippen LogP contribution in [0.1, 0.15) is 23.3 Å². The number of rotatable bonds is 5. The molecular weight excluding hydrogens is 314 g/mol. The van der Waals surface area contributed by atoms with Crippen molar-refractivity contribution < 1.29 is 19.0 Å². The maximum atomic E-state index is 12.5. The molecule has 0 heterocycles. The molecule has 4 nitrogen and oxygen atoms in total. The highest BCUT2D eigenvalue weighted by molar-refractivity contribution is 5.19. The molecule has 2 rings (SSSR count). The molecule has 0 aliphatic rings. The first-order valence-electron chi connectivity index (χ1n) is 7.55. The van der Waals surface area contributed by atoms with Crippen molar-refractivity contribution in [3.8, 4) is 0 Å². The van der Waals surface area contributed by atoms with E-state index in [1.165, 1.54) is 36.4 Å². The van der Waals surface area contributed by atoms with Gasteiger partial charge in [0.1, 0.15) is 11.6 Å². The molecule has 2 atom stereocenters. The molecule has 0 saturated carbocycles. The standard InChI is InChI=1S/C10H14FNO.C8H10FNO/c1-12(2)7-10(13)8-3-5-9(11)6-4-8;9-7-3-1-6(2-4-7)8(11)5-10/h3-6,10,13H,7H2,1-2H3;1-4,8,11H,5,10H2. The highest BCUT2D eigenvalue weighted by Crippen LogP contribution is 2.13. The molecule has 0 aromatic heterocycles. The Morgan fingerprint density at radius 3 is 1.54 bits per heavy atom. The summed E-state index contributed by atoms with van der Waals surface area (Å²) >= 11 is 0. The van der Waals surface area contributed by atoms with E-state index in [9.17, 15) is 19.0 Å². The van der Waals surface area contributed by atoms with Crippen LogP contribution in [-0.2, 0) is 0 Å². The Kier molecular flexibility index (Phi) is 8.49. The van der Waals surface area contributed by atoms with Crippen LogP contribution in [-0.4, -0.2) is 42.3 Å². The minimum absolute atomic E-state index is 0.158. The third kappa shape index (κ3) is 7.14. The third-order valence-corrected chi connectivity index (χ3v) is 3.27. The molecule has 0 fully saturated rings. The highest BCUT2D eigenvalue weighted by Gasteiger charge is 2.07. The van der Waals surface area contributed by atoms with Crippen molar-refractivity contribution in [2.24, 2.45) is 5.73 Å². The van der Waals surface area contributed by atoms with Crippen LogP contribution in [0.15, 0.2) is 48.5 Å². The zero-order valence-electron chi connectivity index (χ0n) is 13.9. The topological polar surface area (TPSA) is 69.7 Å². The lowest BCUT2D eigenvalue weighted by Crippen LogP contribution is -2.19. The van der Waals surface area contributed by atoms with E-state index in [0.29, 0.717) is 12.1 Å². The van der Waals surface area contributed by atoms with E-state index in [1.807, 2.05) is 19.0 Å². The van der Waals surface area contributed by atoms with Crippen LogP contribution >= 0.6 is 0 Å². The number of aliphatic hydroxyl groups excluding tert-OH is 2. The highest BCUT2D eigenvalue weighted by atomic mass is 19.1. The molecule has 0 radical (unpaired) electrons. The average molecular weight is 338 g/mol. The number of likely N-dealkylation sites (N-methyl/N-ethyl adjacent to an activating group) is 1. The number of hydrogen-bond acceptors (Lipinski definition) is 4. The summed E-state index contributed by atoms with van der Waals surface area (Å²) in [6.45, 7) is 0.706. The Morgan fingerprint density at radius 2 is 1.21 bits per heavy atom. The van der Waals surface area contributed by atoms with E-state index in [4.69, 9.17) is 5.73 Å². The monoisotopic (exact) mass is 338 g/mol. The van der Waals surface area contributed by atoms with Gasteiger partial charge < -0.3 is 20.8 Å². The molecule has 132 valence electrons. The number of benzene rings is 2. The van der Waals surface area contributed by atoms with Crippen molar-refractivity contribution in [1.29, 1.82) is 0 Å². The number of hydrogen-bond donors (Lipinski definition) is 3. The van der Waals surface area contributed by atoms with Gasteiger partial charge in [-0.05, 0) is 49.5 Å². The first-order valence-corrected chi connectivity index (χ1v) is 7.55. The fraction of sp³-hybridized carbons (Fsp3) is 0.333. The first-order chi connectivity index (χ1) is 11.3. The zero-order chi connectivity index (χ0) is 18.1. The lowest BCUT2D eigenvalue weighted by atomic mass is 10.1. The Bertz CT molecular complexity index is 589. The van der Waals surface area contributed by atoms with Crippen molar-refractivity contribution in [3.05, 3.63) is 71.3 Å². The van der Waals surface area contributed by atoms with Crippen molar-refractivity contribution in [2.45, 2.75) is 12.2 Å². The maximum absolute atomic E-state index is 12.5. The summed E-state index contributed by atoms with van der Waals surface area (Å²) in [5, 5.41) is 18.8. The van der Waals surface area contributed by atoms with Gasteiger partial charge in [-0.3, -0.25) is 0 Å². The molecule has 4 N–H and O–H groups in total. The van der Waals surface area contributed by atoms with E-state index in [2.05, 4.69) is 0 Å². The Balaban J connectivity index is 0.000000243. The van der Waals surface area contributed by atoms with Crippen LogP contribution < -0.4 is 5.73 Å². The second-order valence-electron chi connectivity index (χ2n) is 5.63. The largest absolute Gasteiger partial charge is 0.387 e. The molecule has 2 aromatic rings. The van der Waals surface area contributed by atoms with Gasteiger partial charge in [-0.15, -0.1) is 0 Å². The van der Waals surface area contributed by atoms with Gasteiger partial charge in [0, 0.05) is 13.1 Å². The minimum atomic E-state index is -0.685. The predicted octanol–water partition coefficient (Wildman–Crippen LogP) is 2.24. The summed E-state index contributed by atoms with van der Waals surface area (Å²) in [6.07, 6.45) is -1.23. The molecule has 2 unspecified atom stereocenters. The van der Waals surface area contributed by atoms with Crippen LogP contribution in [0, 0.1) is 11.6 Å². The second kappa shape index (κ2) is 10.1. The van der Waals surface area contributed by atoms with Crippen LogP contribution in [0.5, 0.6) is 0 Å². The van der Waals surface area contributed by atoms with Gasteiger partial charge in [-0.1, -0.05) is 24.3 Å². The smallest absolute Gasteiger partial charge is 0.123 e. The molecular formula is C18H24F2N2O2. The van der Waals surface area contributed by atoms with Gasteiger partial charge in [0.2, 0.25) is 0 Å². The SMILES string of the molecule is CN(C)CC(O)c1ccc(F)cc1.NCC(O)c1ccc(F)cc1. The first kappa shape index (κ1) is 20.2. The number of halogens is 2. The lowest BCUT2D eigenvalue weighted by molar-refractivity contribution is 0.138. The van der Waals surface area contributed by atoms with E-state index in [1.54, 1.807) is 12.1 Å². The fourth-order valence-corrected chi connectivity index (χ4v) is 1.96. The van der Waals surface area contributed by atoms with Crippen molar-refractivity contribution in [1.82, 2.24) is 4.90 Å². The molecule has 6 heteroatoms. The summed E-state index contributed by atoms with van der Waals surface area (Å²) in [4.78, 5) is 1.88. The summed E-state index contributed by atoms with van der Waals surface area (Å²) in [6, 6.07) is 11.6. The van der Waals surface area contributed by atoms with Crippen molar-refractivity contribution in [2.75, 3.05) is 27.2 Å². The molecule has 0 aliphatic carbocycles. The Morgan fingerprint density at radius 1 is 0.833 bits per heavy atom. The fourth-order valence-electron chi connectivity index (χ4n) is 1.96. The molecule has 0 saturated heterocycles. The van der Waals surface area contributed by atoms with Gasteiger partial charge >= 0.3 is 0 Å². The molecule has 0 aliphatic heterocycles. The van der Waals surface area contributed by atoms with E-state index in [-0.39, 0.29) is 18.2 Å². The Hall–Kier alpha value is -1.86. The molecule has 0 spiro atoms. The van der Waals surface area contributed by atoms with Crippen LogP contribution in [0.3, 0.4) is 0 Å². The van der Waals surface area contributed by atoms with Gasteiger partial charge in [0.25, 0.3) is 0 Å². The van der Waals surface area contributed by atoms with Crippen molar-refractivity contribution in [3.63, 3.8) is 0 Å². The van der Waals surface area contributed by atoms with Crippen molar-refractivity contribution >= 4 is 0 Å². The van der Waals surface area contributed by atoms with E-state index in [0.717, 1.165) is 5.56 Å². The van der Waals surface area contributed by atoms with E-state index < -0.39 is 12.2 Å². The van der Waals surface area contributed by atoms with Crippen LogP contribution in [0.2, 0.25) is 0 Å². The predicted molar refractivity (Wildman–Crippen MR) is 90.3 cm³/mol. The summed E-state index contributed by atoms with van der Waals surface area (Å²) in [5.41, 5.74) is 6.59. The number of nitrogens with zero attached hydrogens (tertiary/aromatic N) is 1. The normalized spacial score (nSPS) is 13.2. The molecule has 0 bridgehead atoms.